The van der Waals surface area contributed by atoms with Gasteiger partial charge < -0.3 is 14.8 Å². The molecule has 2 aliphatic heterocycles. The van der Waals surface area contributed by atoms with Gasteiger partial charge in [0.25, 0.3) is 5.79 Å². The van der Waals surface area contributed by atoms with E-state index in [1.54, 1.807) is 6.07 Å². The van der Waals surface area contributed by atoms with Crippen LogP contribution in [-0.4, -0.2) is 43.3 Å². The highest BCUT2D eigenvalue weighted by molar-refractivity contribution is 7.89. The molecular weight excluding hydrogens is 380 g/mol. The highest BCUT2D eigenvalue weighted by Crippen LogP contribution is 2.47. The molecule has 2 fully saturated rings. The fourth-order valence-corrected chi connectivity index (χ4v) is 5.92. The first kappa shape index (κ1) is 19.5. The van der Waals surface area contributed by atoms with Crippen molar-refractivity contribution in [3.63, 3.8) is 0 Å². The maximum absolute atomic E-state index is 12.7. The van der Waals surface area contributed by atoms with Gasteiger partial charge in [-0.25, -0.2) is 12.7 Å². The lowest BCUT2D eigenvalue weighted by atomic mass is 9.98. The van der Waals surface area contributed by atoms with E-state index in [-0.39, 0.29) is 24.1 Å². The highest BCUT2D eigenvalue weighted by atomic mass is 32.2. The SMILES string of the molecule is CCCS(=O)(=O)N1CCCC(C(=O)Nc2ccc3c(c2)OC2(CCCC2)O3)C1. The third-order valence-corrected chi connectivity index (χ3v) is 7.82. The fourth-order valence-electron chi connectivity index (χ4n) is 4.33. The second kappa shape index (κ2) is 7.55. The molecule has 8 heteroatoms. The van der Waals surface area contributed by atoms with E-state index in [0.717, 1.165) is 31.4 Å². The largest absolute Gasteiger partial charge is 0.448 e. The molecule has 1 atom stereocenters. The van der Waals surface area contributed by atoms with Crippen LogP contribution < -0.4 is 14.8 Å². The number of sulfonamides is 1. The maximum atomic E-state index is 12.7. The molecule has 28 heavy (non-hydrogen) atoms. The van der Waals surface area contributed by atoms with E-state index in [0.29, 0.717) is 37.2 Å². The summed E-state index contributed by atoms with van der Waals surface area (Å²) in [6.45, 7) is 2.60. The van der Waals surface area contributed by atoms with Gasteiger partial charge in [-0.3, -0.25) is 4.79 Å². The number of nitrogens with one attached hydrogen (secondary N) is 1. The van der Waals surface area contributed by atoms with Crippen molar-refractivity contribution in [3.8, 4) is 11.5 Å². The Hall–Kier alpha value is -1.80. The van der Waals surface area contributed by atoms with E-state index in [4.69, 9.17) is 9.47 Å². The number of hydrogen-bond donors (Lipinski definition) is 1. The molecule has 0 aromatic heterocycles. The van der Waals surface area contributed by atoms with Crippen LogP contribution in [0.4, 0.5) is 5.69 Å². The van der Waals surface area contributed by atoms with Crippen molar-refractivity contribution in [2.75, 3.05) is 24.2 Å². The first-order valence-electron chi connectivity index (χ1n) is 10.2. The smallest absolute Gasteiger partial charge is 0.251 e. The van der Waals surface area contributed by atoms with E-state index in [1.807, 2.05) is 19.1 Å². The molecule has 1 saturated heterocycles. The molecule has 4 rings (SSSR count). The number of ether oxygens (including phenoxy) is 2. The van der Waals surface area contributed by atoms with E-state index in [9.17, 15) is 13.2 Å². The van der Waals surface area contributed by atoms with Crippen LogP contribution in [0.3, 0.4) is 0 Å². The van der Waals surface area contributed by atoms with E-state index in [1.165, 1.54) is 4.31 Å². The molecule has 1 aliphatic carbocycles. The number of amides is 1. The average Bonchev–Trinajstić information content (AvgIpc) is 3.27. The summed E-state index contributed by atoms with van der Waals surface area (Å²) in [6.07, 6.45) is 5.92. The lowest BCUT2D eigenvalue weighted by molar-refractivity contribution is -0.120. The number of benzene rings is 1. The molecule has 3 aliphatic rings. The standard InChI is InChI=1S/C20H28N2O5S/c1-2-12-28(24,25)22-11-5-6-15(14-22)19(23)21-16-7-8-17-18(13-16)27-20(26-17)9-3-4-10-20/h7-8,13,15H,2-6,9-12,14H2,1H3,(H,21,23). The highest BCUT2D eigenvalue weighted by Gasteiger charge is 2.44. The Morgan fingerprint density at radius 1 is 1.21 bits per heavy atom. The van der Waals surface area contributed by atoms with Crippen LogP contribution in [0, 0.1) is 5.92 Å². The molecule has 1 saturated carbocycles. The van der Waals surface area contributed by atoms with Crippen LogP contribution in [0.2, 0.25) is 0 Å². The van der Waals surface area contributed by atoms with Gasteiger partial charge in [0, 0.05) is 37.7 Å². The number of nitrogens with zero attached hydrogens (tertiary/aromatic N) is 1. The third kappa shape index (κ3) is 3.85. The molecule has 1 aromatic carbocycles. The van der Waals surface area contributed by atoms with Crippen LogP contribution >= 0.6 is 0 Å². The van der Waals surface area contributed by atoms with E-state index >= 15 is 0 Å². The van der Waals surface area contributed by atoms with Crippen molar-refractivity contribution in [2.24, 2.45) is 5.92 Å². The summed E-state index contributed by atoms with van der Waals surface area (Å²) >= 11 is 0. The van der Waals surface area contributed by atoms with E-state index < -0.39 is 15.8 Å². The Morgan fingerprint density at radius 2 is 1.96 bits per heavy atom. The molecule has 1 N–H and O–H groups in total. The van der Waals surface area contributed by atoms with Gasteiger partial charge in [-0.05, 0) is 44.2 Å². The second-order valence-electron chi connectivity index (χ2n) is 7.99. The fraction of sp³-hybridized carbons (Fsp3) is 0.650. The van der Waals surface area contributed by atoms with Crippen LogP contribution in [0.5, 0.6) is 11.5 Å². The van der Waals surface area contributed by atoms with Gasteiger partial charge in [-0.2, -0.15) is 0 Å². The summed E-state index contributed by atoms with van der Waals surface area (Å²) in [5.41, 5.74) is 0.649. The van der Waals surface area contributed by atoms with Gasteiger partial charge in [0.15, 0.2) is 11.5 Å². The minimum absolute atomic E-state index is 0.130. The van der Waals surface area contributed by atoms with Crippen LogP contribution in [0.15, 0.2) is 18.2 Å². The molecular formula is C20H28N2O5S. The lowest BCUT2D eigenvalue weighted by Crippen LogP contribution is -2.44. The van der Waals surface area contributed by atoms with Crippen molar-refractivity contribution in [3.05, 3.63) is 18.2 Å². The average molecular weight is 409 g/mol. The summed E-state index contributed by atoms with van der Waals surface area (Å²) < 4.78 is 38.2. The van der Waals surface area contributed by atoms with Gasteiger partial charge in [-0.15, -0.1) is 0 Å². The minimum atomic E-state index is -3.28. The Balaban J connectivity index is 1.40. The van der Waals surface area contributed by atoms with Crippen molar-refractivity contribution in [1.82, 2.24) is 4.31 Å². The molecule has 1 spiro atoms. The summed E-state index contributed by atoms with van der Waals surface area (Å²) in [5.74, 6) is 0.496. The van der Waals surface area contributed by atoms with Crippen molar-refractivity contribution in [2.45, 2.75) is 57.7 Å². The summed E-state index contributed by atoms with van der Waals surface area (Å²) in [4.78, 5) is 12.7. The number of fused-ring (bicyclic) bond motifs is 1. The molecule has 1 amide bonds. The van der Waals surface area contributed by atoms with Crippen molar-refractivity contribution < 1.29 is 22.7 Å². The van der Waals surface area contributed by atoms with E-state index in [2.05, 4.69) is 5.32 Å². The van der Waals surface area contributed by atoms with Crippen molar-refractivity contribution in [1.29, 1.82) is 0 Å². The minimum Gasteiger partial charge on any atom is -0.448 e. The summed E-state index contributed by atoms with van der Waals surface area (Å²) in [7, 11) is -3.28. The molecule has 0 radical (unpaired) electrons. The number of rotatable bonds is 5. The molecule has 1 unspecified atom stereocenters. The zero-order valence-corrected chi connectivity index (χ0v) is 17.1. The Morgan fingerprint density at radius 3 is 2.71 bits per heavy atom. The van der Waals surface area contributed by atoms with Crippen LogP contribution in [0.25, 0.3) is 0 Å². The predicted molar refractivity (Wildman–Crippen MR) is 106 cm³/mol. The molecule has 2 heterocycles. The van der Waals surface area contributed by atoms with Gasteiger partial charge >= 0.3 is 0 Å². The monoisotopic (exact) mass is 408 g/mol. The predicted octanol–water partition coefficient (Wildman–Crippen LogP) is 3.12. The first-order chi connectivity index (χ1) is 13.4. The molecule has 0 bridgehead atoms. The molecule has 154 valence electrons. The Bertz CT molecular complexity index is 848. The normalized spacial score (nSPS) is 23.8. The van der Waals surface area contributed by atoms with Gasteiger partial charge in [-0.1, -0.05) is 6.92 Å². The number of anilines is 1. The zero-order valence-electron chi connectivity index (χ0n) is 16.3. The van der Waals surface area contributed by atoms with Crippen molar-refractivity contribution >= 4 is 21.6 Å². The van der Waals surface area contributed by atoms with Crippen LogP contribution in [-0.2, 0) is 14.8 Å². The molecule has 1 aromatic rings. The Labute approximate surface area is 166 Å². The number of carbonyl (C=O) groups excluding carboxylic acids is 1. The maximum Gasteiger partial charge on any atom is 0.251 e. The molecule has 7 nitrogen and oxygen atoms in total. The van der Waals surface area contributed by atoms with Crippen LogP contribution in [0.1, 0.15) is 51.9 Å². The van der Waals surface area contributed by atoms with Gasteiger partial charge in [0.1, 0.15) is 0 Å². The zero-order chi connectivity index (χ0) is 19.8. The quantitative estimate of drug-likeness (QED) is 0.809. The number of piperidine rings is 1. The number of carbonyl (C=O) groups is 1. The summed E-state index contributed by atoms with van der Waals surface area (Å²) in [5, 5.41) is 2.93. The first-order valence-corrected chi connectivity index (χ1v) is 11.8. The van der Waals surface area contributed by atoms with Gasteiger partial charge in [0.05, 0.1) is 11.7 Å². The number of hydrogen-bond acceptors (Lipinski definition) is 5. The lowest BCUT2D eigenvalue weighted by Gasteiger charge is -2.31. The topological polar surface area (TPSA) is 84.9 Å². The van der Waals surface area contributed by atoms with Gasteiger partial charge in [0.2, 0.25) is 15.9 Å². The summed E-state index contributed by atoms with van der Waals surface area (Å²) in [6, 6.07) is 5.44. The third-order valence-electron chi connectivity index (χ3n) is 5.78. The Kier molecular flexibility index (Phi) is 5.26. The second-order valence-corrected chi connectivity index (χ2v) is 10.1.